The van der Waals surface area contributed by atoms with E-state index in [9.17, 15) is 0 Å². The topological polar surface area (TPSA) is 36.9 Å². The summed E-state index contributed by atoms with van der Waals surface area (Å²) in [5, 5.41) is 2.22. The van der Waals surface area contributed by atoms with Gasteiger partial charge >= 0.3 is 0 Å². The molecule has 3 aliphatic rings. The molecule has 0 aromatic heterocycles. The van der Waals surface area contributed by atoms with Crippen molar-refractivity contribution in [1.82, 2.24) is 0 Å². The Hall–Kier alpha value is -5.48. The van der Waals surface area contributed by atoms with Gasteiger partial charge in [0.25, 0.3) is 0 Å². The largest absolute Gasteiger partial charge is 0.497 e. The van der Waals surface area contributed by atoms with Crippen molar-refractivity contribution in [2.24, 2.45) is 10.8 Å². The third kappa shape index (κ3) is 5.47. The molecular formula is C51H50O4. The molecule has 0 radical (unpaired) electrons. The van der Waals surface area contributed by atoms with Gasteiger partial charge in [0.1, 0.15) is 23.0 Å². The molecule has 4 nitrogen and oxygen atoms in total. The van der Waals surface area contributed by atoms with E-state index in [1.807, 2.05) is 24.3 Å². The van der Waals surface area contributed by atoms with Crippen molar-refractivity contribution in [3.05, 3.63) is 149 Å². The van der Waals surface area contributed by atoms with E-state index < -0.39 is 5.60 Å². The molecule has 278 valence electrons. The second-order valence-electron chi connectivity index (χ2n) is 17.6. The van der Waals surface area contributed by atoms with Gasteiger partial charge in [-0.1, -0.05) is 112 Å². The fourth-order valence-electron chi connectivity index (χ4n) is 11.0. The molecule has 1 aliphatic heterocycles. The fraction of sp³-hybridized carbons (Fsp3) is 0.294. The fourth-order valence-corrected chi connectivity index (χ4v) is 11.0. The number of methoxy groups -OCH3 is 3. The summed E-state index contributed by atoms with van der Waals surface area (Å²) in [6.07, 6.45) is 7.94. The first kappa shape index (κ1) is 35.2. The molecule has 4 heteroatoms. The van der Waals surface area contributed by atoms with Crippen LogP contribution < -0.4 is 18.9 Å². The summed E-state index contributed by atoms with van der Waals surface area (Å²) in [7, 11) is 5.18. The Bertz CT molecular complexity index is 2420. The van der Waals surface area contributed by atoms with Gasteiger partial charge in [0.2, 0.25) is 0 Å². The van der Waals surface area contributed by atoms with Crippen LogP contribution in [0, 0.1) is 17.8 Å². The highest BCUT2D eigenvalue weighted by atomic mass is 16.5. The Balaban J connectivity index is 1.41. The third-order valence-corrected chi connectivity index (χ3v) is 12.5. The van der Waals surface area contributed by atoms with Crippen LogP contribution in [0.3, 0.4) is 0 Å². The van der Waals surface area contributed by atoms with Crippen molar-refractivity contribution in [2.75, 3.05) is 21.3 Å². The molecule has 0 saturated heterocycles. The van der Waals surface area contributed by atoms with E-state index in [0.717, 1.165) is 69.0 Å². The van der Waals surface area contributed by atoms with E-state index in [0.29, 0.717) is 0 Å². The van der Waals surface area contributed by atoms with E-state index >= 15 is 0 Å². The first-order valence-electron chi connectivity index (χ1n) is 19.5. The lowest BCUT2D eigenvalue weighted by atomic mass is 9.52. The summed E-state index contributed by atoms with van der Waals surface area (Å²) >= 11 is 0. The van der Waals surface area contributed by atoms with Crippen molar-refractivity contribution in [3.63, 3.8) is 0 Å². The molecule has 1 spiro atoms. The van der Waals surface area contributed by atoms with Crippen LogP contribution in [0.2, 0.25) is 0 Å². The van der Waals surface area contributed by atoms with E-state index in [1.165, 1.54) is 39.6 Å². The van der Waals surface area contributed by atoms with Gasteiger partial charge in [0.05, 0.1) is 21.3 Å². The number of rotatable bonds is 6. The number of aryl methyl sites for hydroxylation is 1. The molecule has 6 aromatic rings. The van der Waals surface area contributed by atoms with Gasteiger partial charge in [0.15, 0.2) is 5.60 Å². The maximum Gasteiger partial charge on any atom is 0.178 e. The summed E-state index contributed by atoms with van der Waals surface area (Å²) in [5.41, 5.74) is 11.2. The van der Waals surface area contributed by atoms with E-state index in [2.05, 4.69) is 132 Å². The average Bonchev–Trinajstić information content (AvgIpc) is 3.44. The summed E-state index contributed by atoms with van der Waals surface area (Å²) < 4.78 is 25.2. The molecule has 0 bridgehead atoms. The molecule has 1 heterocycles. The SMILES string of the molecule is COc1ccc(C2(c3ccc(OC)cc3)C=Cc3c4c(c5cc(-c6ccc(C)cc6)c(OC)cc5c3O2)-c2ccccc2C42CC(C)(C)CC(C)(C)C2)cc1. The van der Waals surface area contributed by atoms with Gasteiger partial charge in [0, 0.05) is 33.1 Å². The van der Waals surface area contributed by atoms with Gasteiger partial charge in [-0.2, -0.15) is 0 Å². The lowest BCUT2D eigenvalue weighted by molar-refractivity contribution is 0.0642. The first-order chi connectivity index (χ1) is 26.4. The number of ether oxygens (including phenoxy) is 4. The van der Waals surface area contributed by atoms with Gasteiger partial charge in [-0.3, -0.25) is 0 Å². The van der Waals surface area contributed by atoms with Gasteiger partial charge in [-0.15, -0.1) is 0 Å². The predicted molar refractivity (Wildman–Crippen MR) is 225 cm³/mol. The van der Waals surface area contributed by atoms with Gasteiger partial charge < -0.3 is 18.9 Å². The third-order valence-electron chi connectivity index (χ3n) is 12.5. The van der Waals surface area contributed by atoms with Crippen LogP contribution in [-0.4, -0.2) is 21.3 Å². The zero-order valence-electron chi connectivity index (χ0n) is 33.3. The lowest BCUT2D eigenvalue weighted by Gasteiger charge is -2.52. The highest BCUT2D eigenvalue weighted by Crippen LogP contribution is 2.67. The minimum absolute atomic E-state index is 0.125. The molecular weight excluding hydrogens is 677 g/mol. The Kier molecular flexibility index (Phi) is 8.03. The predicted octanol–water partition coefficient (Wildman–Crippen LogP) is 12.7. The van der Waals surface area contributed by atoms with Crippen LogP contribution in [0.25, 0.3) is 39.1 Å². The molecule has 2 aliphatic carbocycles. The minimum Gasteiger partial charge on any atom is -0.497 e. The molecule has 6 aromatic carbocycles. The van der Waals surface area contributed by atoms with Crippen LogP contribution in [-0.2, 0) is 11.0 Å². The molecule has 1 saturated carbocycles. The Morgan fingerprint density at radius 2 is 1.20 bits per heavy atom. The monoisotopic (exact) mass is 726 g/mol. The summed E-state index contributed by atoms with van der Waals surface area (Å²) in [6, 6.07) is 39.1. The van der Waals surface area contributed by atoms with E-state index in [1.54, 1.807) is 21.3 Å². The number of hydrogen-bond acceptors (Lipinski definition) is 4. The smallest absolute Gasteiger partial charge is 0.178 e. The Morgan fingerprint density at radius 3 is 1.78 bits per heavy atom. The van der Waals surface area contributed by atoms with Crippen LogP contribution in [0.5, 0.6) is 23.0 Å². The zero-order chi connectivity index (χ0) is 38.3. The Morgan fingerprint density at radius 1 is 0.600 bits per heavy atom. The molecule has 0 amide bonds. The van der Waals surface area contributed by atoms with E-state index in [-0.39, 0.29) is 16.2 Å². The van der Waals surface area contributed by atoms with Crippen LogP contribution >= 0.6 is 0 Å². The molecule has 0 unspecified atom stereocenters. The normalized spacial score (nSPS) is 17.9. The van der Waals surface area contributed by atoms with Crippen molar-refractivity contribution < 1.29 is 18.9 Å². The van der Waals surface area contributed by atoms with Crippen LogP contribution in [0.1, 0.15) is 80.3 Å². The summed E-state index contributed by atoms with van der Waals surface area (Å²) in [4.78, 5) is 0. The second-order valence-corrected chi connectivity index (χ2v) is 17.6. The molecule has 0 atom stereocenters. The molecule has 1 fully saturated rings. The number of fused-ring (bicyclic) bond motifs is 10. The number of benzene rings is 6. The standard InChI is InChI=1S/C51H50O4/c1-32-13-15-33(16-14-32)40-27-41-42(28-44(40)54-8)47-39(46-45(41)38-11-9-10-12-43(38)50(46)30-48(2,3)29-49(4,5)31-50)25-26-51(55-47,34-17-21-36(52-6)22-18-34)35-19-23-37(53-7)24-20-35/h9-28H,29-31H2,1-8H3. The summed E-state index contributed by atoms with van der Waals surface area (Å²) in [5.74, 6) is 3.29. The van der Waals surface area contributed by atoms with Gasteiger partial charge in [-0.05, 0) is 113 Å². The average molecular weight is 727 g/mol. The maximum atomic E-state index is 7.75. The van der Waals surface area contributed by atoms with Crippen LogP contribution in [0.15, 0.2) is 115 Å². The lowest BCUT2D eigenvalue weighted by Crippen LogP contribution is -2.44. The van der Waals surface area contributed by atoms with Crippen molar-refractivity contribution in [2.45, 2.75) is 64.9 Å². The second kappa shape index (κ2) is 12.5. The summed E-state index contributed by atoms with van der Waals surface area (Å²) in [6.45, 7) is 12.0. The minimum atomic E-state index is -0.931. The van der Waals surface area contributed by atoms with Crippen molar-refractivity contribution >= 4 is 16.8 Å². The quantitative estimate of drug-likeness (QED) is 0.171. The molecule has 55 heavy (non-hydrogen) atoms. The van der Waals surface area contributed by atoms with E-state index in [4.69, 9.17) is 18.9 Å². The highest BCUT2D eigenvalue weighted by molar-refractivity contribution is 6.10. The number of hydrogen-bond donors (Lipinski definition) is 0. The van der Waals surface area contributed by atoms with Crippen molar-refractivity contribution in [1.29, 1.82) is 0 Å². The maximum absolute atomic E-state index is 7.75. The zero-order valence-corrected chi connectivity index (χ0v) is 33.3. The molecule has 9 rings (SSSR count). The Labute approximate surface area is 325 Å². The molecule has 0 N–H and O–H groups in total. The van der Waals surface area contributed by atoms with Crippen molar-refractivity contribution in [3.8, 4) is 45.3 Å². The highest BCUT2D eigenvalue weighted by Gasteiger charge is 2.55. The van der Waals surface area contributed by atoms with Gasteiger partial charge in [-0.25, -0.2) is 0 Å². The van der Waals surface area contributed by atoms with Crippen LogP contribution in [0.4, 0.5) is 0 Å². The first-order valence-corrected chi connectivity index (χ1v) is 19.5.